The monoisotopic (exact) mass is 427 g/mol. The Morgan fingerprint density at radius 3 is 3.00 bits per heavy atom. The molecule has 0 bridgehead atoms. The van der Waals surface area contributed by atoms with Crippen LogP contribution in [-0.2, 0) is 24.2 Å². The number of hydrazone groups is 1. The number of aryl methyl sites for hydroxylation is 2. The van der Waals surface area contributed by atoms with Crippen LogP contribution in [0, 0.1) is 10.1 Å². The van der Waals surface area contributed by atoms with Gasteiger partial charge < -0.3 is 5.11 Å². The Balaban J connectivity index is 1.48. The Morgan fingerprint density at radius 2 is 2.20 bits per heavy atom. The van der Waals surface area contributed by atoms with Crippen LogP contribution in [0.3, 0.4) is 0 Å². The van der Waals surface area contributed by atoms with E-state index in [0.29, 0.717) is 15.8 Å². The summed E-state index contributed by atoms with van der Waals surface area (Å²) < 4.78 is 1.25. The number of rotatable bonds is 5. The fourth-order valence-electron chi connectivity index (χ4n) is 3.43. The van der Waals surface area contributed by atoms with Crippen LogP contribution in [0.5, 0.6) is 5.75 Å². The summed E-state index contributed by atoms with van der Waals surface area (Å²) in [6, 6.07) is 3.72. The predicted octanol–water partition coefficient (Wildman–Crippen LogP) is 2.10. The van der Waals surface area contributed by atoms with Crippen molar-refractivity contribution in [3.63, 3.8) is 0 Å². The first-order valence-electron chi connectivity index (χ1n) is 9.23. The Morgan fingerprint density at radius 1 is 1.40 bits per heavy atom. The molecule has 1 amide bonds. The highest BCUT2D eigenvalue weighted by atomic mass is 32.1. The molecule has 10 nitrogen and oxygen atoms in total. The maximum Gasteiger partial charge on any atom is 0.311 e. The van der Waals surface area contributed by atoms with Crippen molar-refractivity contribution in [2.45, 2.75) is 32.2 Å². The molecule has 4 rings (SSSR count). The molecule has 0 spiro atoms. The molecule has 0 unspecified atom stereocenters. The standard InChI is InChI=1S/C19H17N5O5S/c25-14-6-5-11(7-13(14)24(28)29)8-21-22-16(26)9-23-10-20-18-17(19(23)27)12-3-1-2-4-15(12)30-18/h5-8,10,25H,1-4,9H2,(H,22,26). The fourth-order valence-corrected chi connectivity index (χ4v) is 4.65. The number of amides is 1. The number of phenols is 1. The molecule has 154 valence electrons. The van der Waals surface area contributed by atoms with E-state index < -0.39 is 22.3 Å². The Kier molecular flexibility index (Phi) is 5.27. The van der Waals surface area contributed by atoms with Crippen molar-refractivity contribution in [2.24, 2.45) is 5.10 Å². The first-order chi connectivity index (χ1) is 14.4. The fraction of sp³-hybridized carbons (Fsp3) is 0.263. The average Bonchev–Trinajstić information content (AvgIpc) is 3.10. The van der Waals surface area contributed by atoms with Crippen molar-refractivity contribution >= 4 is 39.4 Å². The van der Waals surface area contributed by atoms with E-state index in [1.807, 2.05) is 0 Å². The number of fused-ring (bicyclic) bond motifs is 3. The van der Waals surface area contributed by atoms with Gasteiger partial charge in [-0.3, -0.25) is 24.3 Å². The second-order valence-corrected chi connectivity index (χ2v) is 7.95. The van der Waals surface area contributed by atoms with Crippen LogP contribution in [0.15, 0.2) is 34.4 Å². The van der Waals surface area contributed by atoms with Crippen LogP contribution in [0.25, 0.3) is 10.2 Å². The Bertz CT molecular complexity index is 1250. The lowest BCUT2D eigenvalue weighted by Crippen LogP contribution is -2.30. The molecule has 0 saturated heterocycles. The second kappa shape index (κ2) is 8.03. The maximum absolute atomic E-state index is 12.8. The number of phenolic OH excluding ortho intramolecular Hbond substituents is 1. The molecule has 0 saturated carbocycles. The summed E-state index contributed by atoms with van der Waals surface area (Å²) in [5.74, 6) is -0.994. The van der Waals surface area contributed by atoms with Gasteiger partial charge in [-0.05, 0) is 43.4 Å². The van der Waals surface area contributed by atoms with E-state index >= 15 is 0 Å². The van der Waals surface area contributed by atoms with E-state index in [1.165, 1.54) is 34.1 Å². The number of nitro groups is 1. The van der Waals surface area contributed by atoms with Crippen molar-refractivity contribution in [3.05, 3.63) is 61.0 Å². The Hall–Kier alpha value is -3.60. The second-order valence-electron chi connectivity index (χ2n) is 6.87. The van der Waals surface area contributed by atoms with E-state index in [2.05, 4.69) is 15.5 Å². The SMILES string of the molecule is O=C(Cn1cnc2sc3c(c2c1=O)CCCC3)NN=Cc1ccc(O)c([N+](=O)[O-])c1. The van der Waals surface area contributed by atoms with Crippen LogP contribution in [-0.4, -0.2) is 31.7 Å². The van der Waals surface area contributed by atoms with Crippen LogP contribution in [0.2, 0.25) is 0 Å². The smallest absolute Gasteiger partial charge is 0.311 e. The van der Waals surface area contributed by atoms with Crippen LogP contribution < -0.4 is 11.0 Å². The van der Waals surface area contributed by atoms with Crippen LogP contribution >= 0.6 is 11.3 Å². The number of thiophene rings is 1. The van der Waals surface area contributed by atoms with Gasteiger partial charge in [0.2, 0.25) is 0 Å². The van der Waals surface area contributed by atoms with Crippen LogP contribution in [0.4, 0.5) is 5.69 Å². The lowest BCUT2D eigenvalue weighted by molar-refractivity contribution is -0.385. The highest BCUT2D eigenvalue weighted by Gasteiger charge is 2.20. The summed E-state index contributed by atoms with van der Waals surface area (Å²) in [6.45, 7) is -0.251. The summed E-state index contributed by atoms with van der Waals surface area (Å²) in [7, 11) is 0. The van der Waals surface area contributed by atoms with Gasteiger partial charge in [-0.1, -0.05) is 0 Å². The largest absolute Gasteiger partial charge is 0.502 e. The zero-order valence-electron chi connectivity index (χ0n) is 15.7. The number of aromatic hydroxyl groups is 1. The van der Waals surface area contributed by atoms with Gasteiger partial charge in [0.15, 0.2) is 5.75 Å². The number of carbonyl (C=O) groups excluding carboxylic acids is 1. The summed E-state index contributed by atoms with van der Waals surface area (Å²) >= 11 is 1.54. The zero-order valence-corrected chi connectivity index (χ0v) is 16.5. The minimum Gasteiger partial charge on any atom is -0.502 e. The van der Waals surface area contributed by atoms with E-state index in [0.717, 1.165) is 37.3 Å². The minimum absolute atomic E-state index is 0.243. The molecule has 1 aromatic carbocycles. The highest BCUT2D eigenvalue weighted by molar-refractivity contribution is 7.18. The van der Waals surface area contributed by atoms with Gasteiger partial charge >= 0.3 is 5.69 Å². The molecule has 0 aliphatic heterocycles. The van der Waals surface area contributed by atoms with Gasteiger partial charge in [0.25, 0.3) is 11.5 Å². The van der Waals surface area contributed by atoms with Gasteiger partial charge in [0.05, 0.1) is 22.9 Å². The van der Waals surface area contributed by atoms with E-state index in [1.54, 1.807) is 11.3 Å². The molecule has 2 aromatic heterocycles. The average molecular weight is 427 g/mol. The molecule has 11 heteroatoms. The topological polar surface area (TPSA) is 140 Å². The summed E-state index contributed by atoms with van der Waals surface area (Å²) in [5, 5.41) is 24.7. The van der Waals surface area contributed by atoms with E-state index in [-0.39, 0.29) is 12.1 Å². The maximum atomic E-state index is 12.8. The third-order valence-electron chi connectivity index (χ3n) is 4.85. The molecule has 0 radical (unpaired) electrons. The van der Waals surface area contributed by atoms with Gasteiger partial charge in [-0.25, -0.2) is 10.4 Å². The molecule has 0 fully saturated rings. The van der Waals surface area contributed by atoms with Crippen molar-refractivity contribution in [1.29, 1.82) is 0 Å². The summed E-state index contributed by atoms with van der Waals surface area (Å²) in [4.78, 5) is 41.4. The molecule has 1 aliphatic carbocycles. The minimum atomic E-state index is -0.718. The Labute approximate surface area is 173 Å². The van der Waals surface area contributed by atoms with E-state index in [4.69, 9.17) is 0 Å². The highest BCUT2D eigenvalue weighted by Crippen LogP contribution is 2.33. The van der Waals surface area contributed by atoms with Crippen LogP contribution in [0.1, 0.15) is 28.8 Å². The molecule has 3 aromatic rings. The molecular formula is C19H17N5O5S. The number of hydrogen-bond acceptors (Lipinski definition) is 8. The normalized spacial score (nSPS) is 13.5. The van der Waals surface area contributed by atoms with Gasteiger partial charge in [0, 0.05) is 16.5 Å². The zero-order chi connectivity index (χ0) is 21.3. The predicted molar refractivity (Wildman–Crippen MR) is 111 cm³/mol. The lowest BCUT2D eigenvalue weighted by atomic mass is 9.97. The van der Waals surface area contributed by atoms with Crippen molar-refractivity contribution in [2.75, 3.05) is 0 Å². The van der Waals surface area contributed by atoms with Crippen molar-refractivity contribution in [3.8, 4) is 5.75 Å². The number of carbonyl (C=O) groups is 1. The lowest BCUT2D eigenvalue weighted by Gasteiger charge is -2.10. The number of nitrogens with zero attached hydrogens (tertiary/aromatic N) is 4. The summed E-state index contributed by atoms with van der Waals surface area (Å²) in [5.41, 5.74) is 2.96. The number of hydrogen-bond donors (Lipinski definition) is 2. The van der Waals surface area contributed by atoms with Gasteiger partial charge in [-0.15, -0.1) is 11.3 Å². The molecule has 30 heavy (non-hydrogen) atoms. The first kappa shape index (κ1) is 19.7. The molecule has 0 atom stereocenters. The number of nitro benzene ring substituents is 1. The third kappa shape index (κ3) is 3.79. The number of aromatic nitrogens is 2. The van der Waals surface area contributed by atoms with Crippen molar-refractivity contribution < 1.29 is 14.8 Å². The molecule has 2 N–H and O–H groups in total. The van der Waals surface area contributed by atoms with E-state index in [9.17, 15) is 24.8 Å². The molecule has 1 aliphatic rings. The number of nitrogens with one attached hydrogen (secondary N) is 1. The molecular weight excluding hydrogens is 410 g/mol. The summed E-state index contributed by atoms with van der Waals surface area (Å²) in [6.07, 6.45) is 6.53. The van der Waals surface area contributed by atoms with Gasteiger partial charge in [-0.2, -0.15) is 5.10 Å². The third-order valence-corrected chi connectivity index (χ3v) is 6.05. The van der Waals surface area contributed by atoms with Gasteiger partial charge in [0.1, 0.15) is 11.4 Å². The number of benzene rings is 1. The quantitative estimate of drug-likeness (QED) is 0.363. The molecule has 2 heterocycles. The first-order valence-corrected chi connectivity index (χ1v) is 10.0. The van der Waals surface area contributed by atoms with Crippen molar-refractivity contribution in [1.82, 2.24) is 15.0 Å².